The summed E-state index contributed by atoms with van der Waals surface area (Å²) >= 11 is 0. The number of hydrogen-bond acceptors (Lipinski definition) is 5. The van der Waals surface area contributed by atoms with Crippen LogP contribution in [0.4, 0.5) is 11.4 Å². The number of halogens is 1. The molecular weight excluding hydrogens is 332 g/mol. The Balaban J connectivity index is 0.00000529. The number of nitrogens with two attached hydrogens (primary N) is 1. The van der Waals surface area contributed by atoms with Crippen molar-refractivity contribution in [1.82, 2.24) is 5.32 Å². The second-order valence-electron chi connectivity index (χ2n) is 6.51. The lowest BCUT2D eigenvalue weighted by atomic mass is 9.90. The third-order valence-corrected chi connectivity index (χ3v) is 3.62. The van der Waals surface area contributed by atoms with E-state index in [9.17, 15) is 14.9 Å². The van der Waals surface area contributed by atoms with Gasteiger partial charge in [-0.1, -0.05) is 26.0 Å². The predicted molar refractivity (Wildman–Crippen MR) is 98.7 cm³/mol. The lowest BCUT2D eigenvalue weighted by molar-refractivity contribution is -0.384. The lowest BCUT2D eigenvalue weighted by Gasteiger charge is -2.32. The Morgan fingerprint density at radius 3 is 2.50 bits per heavy atom. The number of carbonyl (C=O) groups excluding carboxylic acids is 1. The van der Waals surface area contributed by atoms with Gasteiger partial charge in [-0.2, -0.15) is 0 Å². The Bertz CT molecular complexity index is 568. The molecular formula is C16H27ClN4O3. The van der Waals surface area contributed by atoms with E-state index in [2.05, 4.69) is 19.2 Å². The van der Waals surface area contributed by atoms with Crippen molar-refractivity contribution in [3.05, 3.63) is 34.4 Å². The average molecular weight is 359 g/mol. The molecule has 24 heavy (non-hydrogen) atoms. The van der Waals surface area contributed by atoms with Crippen LogP contribution in [0.5, 0.6) is 0 Å². The first kappa shape index (κ1) is 22.1. The topological polar surface area (TPSA) is 102 Å². The maximum Gasteiger partial charge on any atom is 0.292 e. The third kappa shape index (κ3) is 6.33. The summed E-state index contributed by atoms with van der Waals surface area (Å²) in [5, 5.41) is 14.0. The van der Waals surface area contributed by atoms with Crippen LogP contribution >= 0.6 is 12.4 Å². The fraction of sp³-hybridized carbons (Fsp3) is 0.562. The van der Waals surface area contributed by atoms with Crippen molar-refractivity contribution in [3.8, 4) is 0 Å². The molecule has 136 valence electrons. The number of nitrogens with one attached hydrogen (secondary N) is 1. The fourth-order valence-electron chi connectivity index (χ4n) is 2.70. The number of likely N-dealkylation sites (N-methyl/N-ethyl adjacent to an activating group) is 1. The van der Waals surface area contributed by atoms with Gasteiger partial charge in [-0.3, -0.25) is 14.9 Å². The molecule has 0 spiro atoms. The van der Waals surface area contributed by atoms with Crippen molar-refractivity contribution in [3.63, 3.8) is 0 Å². The zero-order valence-corrected chi connectivity index (χ0v) is 15.4. The first-order valence-electron chi connectivity index (χ1n) is 7.64. The first-order chi connectivity index (χ1) is 10.7. The quantitative estimate of drug-likeness (QED) is 0.548. The number of nitrogens with zero attached hydrogens (tertiary/aromatic N) is 2. The highest BCUT2D eigenvalue weighted by Gasteiger charge is 2.27. The van der Waals surface area contributed by atoms with E-state index in [1.54, 1.807) is 30.1 Å². The Morgan fingerprint density at radius 2 is 2.00 bits per heavy atom. The van der Waals surface area contributed by atoms with Crippen LogP contribution in [0, 0.1) is 16.0 Å². The zero-order valence-electron chi connectivity index (χ0n) is 14.6. The largest absolute Gasteiger partial charge is 0.360 e. The van der Waals surface area contributed by atoms with Gasteiger partial charge in [0.25, 0.3) is 5.69 Å². The SMILES string of the molecule is CC(C)CC(C)(CN)NC(=O)CN(C)c1ccccc1[N+](=O)[O-].Cl. The molecule has 0 aliphatic carbocycles. The minimum absolute atomic E-state index is 0. The van der Waals surface area contributed by atoms with Crippen molar-refractivity contribution in [2.45, 2.75) is 32.7 Å². The molecule has 1 rings (SSSR count). The molecule has 0 aliphatic rings. The van der Waals surface area contributed by atoms with E-state index in [-0.39, 0.29) is 30.5 Å². The molecule has 3 N–H and O–H groups in total. The molecule has 1 unspecified atom stereocenters. The van der Waals surface area contributed by atoms with Crippen molar-refractivity contribution in [2.24, 2.45) is 11.7 Å². The summed E-state index contributed by atoms with van der Waals surface area (Å²) in [6.45, 7) is 6.42. The number of nitro benzene ring substituents is 1. The first-order valence-corrected chi connectivity index (χ1v) is 7.64. The van der Waals surface area contributed by atoms with Crippen LogP contribution in [0.2, 0.25) is 0 Å². The van der Waals surface area contributed by atoms with E-state index in [4.69, 9.17) is 5.73 Å². The molecule has 1 amide bonds. The van der Waals surface area contributed by atoms with E-state index < -0.39 is 10.5 Å². The molecule has 0 saturated carbocycles. The average Bonchev–Trinajstić information content (AvgIpc) is 2.45. The van der Waals surface area contributed by atoms with Gasteiger partial charge in [0.05, 0.1) is 11.5 Å². The van der Waals surface area contributed by atoms with Gasteiger partial charge < -0.3 is 16.0 Å². The predicted octanol–water partition coefficient (Wildman–Crippen LogP) is 2.33. The highest BCUT2D eigenvalue weighted by Crippen LogP contribution is 2.26. The molecule has 0 bridgehead atoms. The summed E-state index contributed by atoms with van der Waals surface area (Å²) in [6, 6.07) is 6.36. The number of carbonyl (C=O) groups is 1. The Kier molecular flexibility index (Phi) is 8.71. The highest BCUT2D eigenvalue weighted by atomic mass is 35.5. The summed E-state index contributed by atoms with van der Waals surface area (Å²) in [7, 11) is 1.66. The summed E-state index contributed by atoms with van der Waals surface area (Å²) < 4.78 is 0. The number of hydrogen-bond donors (Lipinski definition) is 2. The van der Waals surface area contributed by atoms with Gasteiger partial charge in [-0.15, -0.1) is 12.4 Å². The molecule has 0 aliphatic heterocycles. The molecule has 0 heterocycles. The van der Waals surface area contributed by atoms with Gasteiger partial charge in [0.1, 0.15) is 5.69 Å². The number of para-hydroxylation sites is 2. The fourth-order valence-corrected chi connectivity index (χ4v) is 2.70. The minimum atomic E-state index is -0.477. The number of benzene rings is 1. The van der Waals surface area contributed by atoms with Crippen molar-refractivity contribution < 1.29 is 9.72 Å². The summed E-state index contributed by atoms with van der Waals surface area (Å²) in [5.74, 6) is 0.191. The monoisotopic (exact) mass is 358 g/mol. The van der Waals surface area contributed by atoms with E-state index in [0.717, 1.165) is 6.42 Å². The van der Waals surface area contributed by atoms with Crippen LogP contribution < -0.4 is 16.0 Å². The standard InChI is InChI=1S/C16H26N4O3.ClH/c1-12(2)9-16(3,11-17)18-15(21)10-19(4)13-7-5-6-8-14(13)20(22)23;/h5-8,12H,9-11,17H2,1-4H3,(H,18,21);1H. The molecule has 7 nitrogen and oxygen atoms in total. The number of rotatable bonds is 8. The van der Waals surface area contributed by atoms with Crippen LogP contribution in [0.15, 0.2) is 24.3 Å². The summed E-state index contributed by atoms with van der Waals surface area (Å²) in [6.07, 6.45) is 0.768. The smallest absolute Gasteiger partial charge is 0.292 e. The Hall–Kier alpha value is -1.86. The number of nitro groups is 1. The minimum Gasteiger partial charge on any atom is -0.360 e. The van der Waals surface area contributed by atoms with Crippen molar-refractivity contribution in [1.29, 1.82) is 0 Å². The van der Waals surface area contributed by atoms with Gasteiger partial charge in [-0.05, 0) is 25.3 Å². The lowest BCUT2D eigenvalue weighted by Crippen LogP contribution is -2.54. The van der Waals surface area contributed by atoms with Crippen LogP contribution in [0.3, 0.4) is 0 Å². The zero-order chi connectivity index (χ0) is 17.6. The van der Waals surface area contributed by atoms with Crippen molar-refractivity contribution in [2.75, 3.05) is 25.0 Å². The van der Waals surface area contributed by atoms with E-state index >= 15 is 0 Å². The molecule has 1 aromatic carbocycles. The Morgan fingerprint density at radius 1 is 1.42 bits per heavy atom. The summed E-state index contributed by atoms with van der Waals surface area (Å²) in [5.41, 5.74) is 5.70. The second-order valence-corrected chi connectivity index (χ2v) is 6.51. The molecule has 1 atom stereocenters. The number of amides is 1. The normalized spacial score (nSPS) is 12.9. The molecule has 0 radical (unpaired) electrons. The molecule has 0 fully saturated rings. The van der Waals surface area contributed by atoms with Crippen LogP contribution in [0.25, 0.3) is 0 Å². The van der Waals surface area contributed by atoms with Crippen LogP contribution in [-0.2, 0) is 4.79 Å². The van der Waals surface area contributed by atoms with Crippen LogP contribution in [-0.4, -0.2) is 36.5 Å². The maximum absolute atomic E-state index is 12.3. The molecule has 1 aromatic rings. The third-order valence-electron chi connectivity index (χ3n) is 3.62. The maximum atomic E-state index is 12.3. The van der Waals surface area contributed by atoms with Gasteiger partial charge in [0.2, 0.25) is 5.91 Å². The van der Waals surface area contributed by atoms with Gasteiger partial charge in [0, 0.05) is 25.2 Å². The van der Waals surface area contributed by atoms with Gasteiger partial charge in [-0.25, -0.2) is 0 Å². The highest BCUT2D eigenvalue weighted by molar-refractivity contribution is 5.85. The number of anilines is 1. The Labute approximate surface area is 149 Å². The van der Waals surface area contributed by atoms with Gasteiger partial charge >= 0.3 is 0 Å². The second kappa shape index (κ2) is 9.44. The summed E-state index contributed by atoms with van der Waals surface area (Å²) in [4.78, 5) is 24.5. The van der Waals surface area contributed by atoms with E-state index in [1.165, 1.54) is 6.07 Å². The van der Waals surface area contributed by atoms with Crippen molar-refractivity contribution >= 4 is 29.7 Å². The van der Waals surface area contributed by atoms with Gasteiger partial charge in [0.15, 0.2) is 0 Å². The van der Waals surface area contributed by atoms with Crippen LogP contribution in [0.1, 0.15) is 27.2 Å². The van der Waals surface area contributed by atoms with E-state index in [0.29, 0.717) is 18.2 Å². The van der Waals surface area contributed by atoms with E-state index in [1.807, 2.05) is 6.92 Å². The molecule has 0 aromatic heterocycles. The molecule has 0 saturated heterocycles. The molecule has 8 heteroatoms.